The minimum atomic E-state index is -0.0818. The van der Waals surface area contributed by atoms with Crippen LogP contribution in [0.4, 0.5) is 5.95 Å². The monoisotopic (exact) mass is 244 g/mol. The summed E-state index contributed by atoms with van der Waals surface area (Å²) in [6.07, 6.45) is 3.49. The predicted octanol–water partition coefficient (Wildman–Crippen LogP) is 1.42. The van der Waals surface area contributed by atoms with E-state index in [1.165, 1.54) is 6.42 Å². The first-order valence-electron chi connectivity index (χ1n) is 6.35. The van der Waals surface area contributed by atoms with Crippen LogP contribution in [-0.2, 0) is 0 Å². The number of aromatic amines is 1. The maximum absolute atomic E-state index is 12.0. The van der Waals surface area contributed by atoms with Gasteiger partial charge in [0.25, 0.3) is 5.56 Å². The van der Waals surface area contributed by atoms with Gasteiger partial charge in [-0.15, -0.1) is 0 Å². The lowest BCUT2D eigenvalue weighted by molar-refractivity contribution is 0.643. The molecule has 0 saturated carbocycles. The number of hydrazine groups is 1. The van der Waals surface area contributed by atoms with E-state index in [2.05, 4.69) is 15.4 Å². The Kier molecular flexibility index (Phi) is 2.98. The molecule has 0 bridgehead atoms. The molecule has 2 N–H and O–H groups in total. The van der Waals surface area contributed by atoms with Crippen LogP contribution in [0.25, 0.3) is 10.9 Å². The maximum Gasteiger partial charge on any atom is 0.260 e. The van der Waals surface area contributed by atoms with Crippen LogP contribution in [0, 0.1) is 0 Å². The minimum absolute atomic E-state index is 0.0818. The van der Waals surface area contributed by atoms with Gasteiger partial charge < -0.3 is 0 Å². The van der Waals surface area contributed by atoms with Crippen molar-refractivity contribution in [3.05, 3.63) is 34.6 Å². The van der Waals surface area contributed by atoms with Crippen LogP contribution in [0.1, 0.15) is 19.3 Å². The van der Waals surface area contributed by atoms with Gasteiger partial charge in [-0.3, -0.25) is 14.8 Å². The SMILES string of the molecule is O=c1[nH]c(N2CCCCCN2)nc2ccccc12. The summed E-state index contributed by atoms with van der Waals surface area (Å²) in [6, 6.07) is 7.41. The topological polar surface area (TPSA) is 61.0 Å². The molecule has 1 aromatic carbocycles. The van der Waals surface area contributed by atoms with E-state index in [4.69, 9.17) is 0 Å². The molecule has 3 rings (SSSR count). The van der Waals surface area contributed by atoms with Crippen molar-refractivity contribution in [3.8, 4) is 0 Å². The summed E-state index contributed by atoms with van der Waals surface area (Å²) in [7, 11) is 0. The number of nitrogens with zero attached hydrogens (tertiary/aromatic N) is 2. The third-order valence-electron chi connectivity index (χ3n) is 3.22. The molecule has 0 amide bonds. The average molecular weight is 244 g/mol. The third kappa shape index (κ3) is 2.09. The molecule has 1 aliphatic heterocycles. The van der Waals surface area contributed by atoms with Crippen LogP contribution in [0.2, 0.25) is 0 Å². The molecule has 1 fully saturated rings. The van der Waals surface area contributed by atoms with Gasteiger partial charge in [0.2, 0.25) is 5.95 Å². The van der Waals surface area contributed by atoms with E-state index in [1.54, 1.807) is 6.07 Å². The van der Waals surface area contributed by atoms with Gasteiger partial charge >= 0.3 is 0 Å². The van der Waals surface area contributed by atoms with Gasteiger partial charge in [0.05, 0.1) is 10.9 Å². The van der Waals surface area contributed by atoms with E-state index in [0.717, 1.165) is 31.4 Å². The molecule has 5 heteroatoms. The fourth-order valence-corrected chi connectivity index (χ4v) is 2.25. The van der Waals surface area contributed by atoms with E-state index >= 15 is 0 Å². The summed E-state index contributed by atoms with van der Waals surface area (Å²) < 4.78 is 0. The van der Waals surface area contributed by atoms with Crippen LogP contribution in [0.15, 0.2) is 29.1 Å². The Labute approximate surface area is 105 Å². The Morgan fingerprint density at radius 1 is 1.17 bits per heavy atom. The highest BCUT2D eigenvalue weighted by Crippen LogP contribution is 2.12. The number of hydrogen-bond acceptors (Lipinski definition) is 4. The van der Waals surface area contributed by atoms with Crippen molar-refractivity contribution in [2.75, 3.05) is 18.1 Å². The minimum Gasteiger partial charge on any atom is -0.291 e. The number of benzene rings is 1. The number of hydrogen-bond donors (Lipinski definition) is 2. The molecule has 0 aliphatic carbocycles. The number of anilines is 1. The summed E-state index contributed by atoms with van der Waals surface area (Å²) in [4.78, 5) is 19.3. The Morgan fingerprint density at radius 2 is 2.06 bits per heavy atom. The van der Waals surface area contributed by atoms with Gasteiger partial charge in [0.1, 0.15) is 0 Å². The van der Waals surface area contributed by atoms with E-state index in [9.17, 15) is 4.79 Å². The molecule has 2 aromatic rings. The Hall–Kier alpha value is -1.88. The number of nitrogens with one attached hydrogen (secondary N) is 2. The highest BCUT2D eigenvalue weighted by Gasteiger charge is 2.12. The van der Waals surface area contributed by atoms with Crippen LogP contribution in [-0.4, -0.2) is 23.1 Å². The van der Waals surface area contributed by atoms with Crippen molar-refractivity contribution in [3.63, 3.8) is 0 Å². The smallest absolute Gasteiger partial charge is 0.260 e. The van der Waals surface area contributed by atoms with E-state index < -0.39 is 0 Å². The van der Waals surface area contributed by atoms with Crippen molar-refractivity contribution in [2.24, 2.45) is 0 Å². The second kappa shape index (κ2) is 4.78. The number of para-hydroxylation sites is 1. The van der Waals surface area contributed by atoms with Crippen LogP contribution in [0.5, 0.6) is 0 Å². The number of aromatic nitrogens is 2. The molecule has 2 heterocycles. The van der Waals surface area contributed by atoms with Gasteiger partial charge in [0, 0.05) is 13.1 Å². The molecular weight excluding hydrogens is 228 g/mol. The quantitative estimate of drug-likeness (QED) is 0.796. The maximum atomic E-state index is 12.0. The van der Waals surface area contributed by atoms with Crippen LogP contribution >= 0.6 is 0 Å². The van der Waals surface area contributed by atoms with Gasteiger partial charge in [-0.25, -0.2) is 10.4 Å². The fraction of sp³-hybridized carbons (Fsp3) is 0.385. The number of H-pyrrole nitrogens is 1. The molecule has 1 aliphatic rings. The van der Waals surface area contributed by atoms with Gasteiger partial charge in [-0.2, -0.15) is 0 Å². The first-order valence-corrected chi connectivity index (χ1v) is 6.35. The first-order chi connectivity index (χ1) is 8.84. The summed E-state index contributed by atoms with van der Waals surface area (Å²) >= 11 is 0. The highest BCUT2D eigenvalue weighted by molar-refractivity contribution is 5.78. The lowest BCUT2D eigenvalue weighted by Crippen LogP contribution is -2.39. The lowest BCUT2D eigenvalue weighted by Gasteiger charge is -2.21. The van der Waals surface area contributed by atoms with E-state index in [0.29, 0.717) is 11.3 Å². The van der Waals surface area contributed by atoms with Crippen LogP contribution in [0.3, 0.4) is 0 Å². The number of fused-ring (bicyclic) bond motifs is 1. The zero-order chi connectivity index (χ0) is 12.4. The molecule has 18 heavy (non-hydrogen) atoms. The summed E-state index contributed by atoms with van der Waals surface area (Å²) in [5.41, 5.74) is 3.95. The molecule has 0 spiro atoms. The normalized spacial score (nSPS) is 16.8. The van der Waals surface area contributed by atoms with Crippen molar-refractivity contribution in [1.82, 2.24) is 15.4 Å². The van der Waals surface area contributed by atoms with E-state index in [1.807, 2.05) is 23.2 Å². The Morgan fingerprint density at radius 3 is 3.00 bits per heavy atom. The second-order valence-electron chi connectivity index (χ2n) is 4.53. The summed E-state index contributed by atoms with van der Waals surface area (Å²) in [6.45, 7) is 1.80. The zero-order valence-corrected chi connectivity index (χ0v) is 10.1. The molecule has 5 nitrogen and oxygen atoms in total. The molecule has 0 atom stereocenters. The zero-order valence-electron chi connectivity index (χ0n) is 10.1. The van der Waals surface area contributed by atoms with Gasteiger partial charge in [0.15, 0.2) is 0 Å². The molecule has 0 unspecified atom stereocenters. The first kappa shape index (κ1) is 11.2. The molecular formula is C13H16N4O. The fourth-order valence-electron chi connectivity index (χ4n) is 2.25. The second-order valence-corrected chi connectivity index (χ2v) is 4.53. The summed E-state index contributed by atoms with van der Waals surface area (Å²) in [5, 5.41) is 2.58. The third-order valence-corrected chi connectivity index (χ3v) is 3.22. The molecule has 94 valence electrons. The molecule has 0 radical (unpaired) electrons. The van der Waals surface area contributed by atoms with Gasteiger partial charge in [-0.05, 0) is 25.0 Å². The summed E-state index contributed by atoms with van der Waals surface area (Å²) in [5.74, 6) is 0.612. The van der Waals surface area contributed by atoms with Crippen molar-refractivity contribution in [2.45, 2.75) is 19.3 Å². The Bertz CT molecular complexity index is 599. The predicted molar refractivity (Wildman–Crippen MR) is 71.6 cm³/mol. The number of rotatable bonds is 1. The molecule has 1 aromatic heterocycles. The van der Waals surface area contributed by atoms with E-state index in [-0.39, 0.29) is 5.56 Å². The van der Waals surface area contributed by atoms with Crippen molar-refractivity contribution >= 4 is 16.9 Å². The van der Waals surface area contributed by atoms with Crippen molar-refractivity contribution < 1.29 is 0 Å². The van der Waals surface area contributed by atoms with Gasteiger partial charge in [-0.1, -0.05) is 18.6 Å². The average Bonchev–Trinajstić information content (AvgIpc) is 2.67. The Balaban J connectivity index is 2.04. The lowest BCUT2D eigenvalue weighted by atomic mass is 10.2. The van der Waals surface area contributed by atoms with Crippen LogP contribution < -0.4 is 16.0 Å². The standard InChI is InChI=1S/C13H16N4O/c18-12-10-6-2-3-7-11(10)15-13(16-12)17-9-5-1-4-8-14-17/h2-3,6-7,14H,1,4-5,8-9H2,(H,15,16,18). The molecule has 1 saturated heterocycles. The van der Waals surface area contributed by atoms with Crippen molar-refractivity contribution in [1.29, 1.82) is 0 Å². The largest absolute Gasteiger partial charge is 0.291 e. The highest BCUT2D eigenvalue weighted by atomic mass is 16.1.